The maximum atomic E-state index is 11.9. The van der Waals surface area contributed by atoms with E-state index in [4.69, 9.17) is 30.3 Å². The number of aromatic nitrogens is 1. The maximum absolute atomic E-state index is 11.9. The highest BCUT2D eigenvalue weighted by molar-refractivity contribution is 6.30. The average molecular weight is 374 g/mol. The van der Waals surface area contributed by atoms with Crippen molar-refractivity contribution in [2.24, 2.45) is 0 Å². The lowest BCUT2D eigenvalue weighted by Crippen LogP contribution is -2.06. The predicted octanol–water partition coefficient (Wildman–Crippen LogP) is 4.37. The van der Waals surface area contributed by atoms with Crippen LogP contribution < -0.4 is 9.47 Å². The molecule has 7 heteroatoms. The molecule has 0 spiro atoms. The Bertz CT molecular complexity index is 905. The van der Waals surface area contributed by atoms with Crippen LogP contribution in [0.15, 0.2) is 53.1 Å². The lowest BCUT2D eigenvalue weighted by molar-refractivity contribution is 0.0595. The van der Waals surface area contributed by atoms with Gasteiger partial charge in [-0.2, -0.15) is 0 Å². The van der Waals surface area contributed by atoms with Gasteiger partial charge >= 0.3 is 5.97 Å². The summed E-state index contributed by atoms with van der Waals surface area (Å²) in [4.78, 5) is 11.9. The molecule has 0 unspecified atom stereocenters. The molecule has 0 radical (unpaired) electrons. The Morgan fingerprint density at radius 3 is 2.58 bits per heavy atom. The zero-order chi connectivity index (χ0) is 18.5. The molecule has 2 aromatic carbocycles. The molecule has 0 N–H and O–H groups in total. The summed E-state index contributed by atoms with van der Waals surface area (Å²) in [5.41, 5.74) is 1.84. The fourth-order valence-corrected chi connectivity index (χ4v) is 2.44. The Morgan fingerprint density at radius 1 is 1.12 bits per heavy atom. The van der Waals surface area contributed by atoms with Crippen LogP contribution in [-0.2, 0) is 11.3 Å². The minimum Gasteiger partial charge on any atom is -0.497 e. The zero-order valence-corrected chi connectivity index (χ0v) is 14.9. The van der Waals surface area contributed by atoms with Crippen LogP contribution in [0.3, 0.4) is 0 Å². The van der Waals surface area contributed by atoms with Crippen molar-refractivity contribution in [3.05, 3.63) is 64.9 Å². The van der Waals surface area contributed by atoms with Gasteiger partial charge in [0, 0.05) is 22.7 Å². The van der Waals surface area contributed by atoms with E-state index in [1.807, 2.05) is 12.1 Å². The molecule has 0 saturated heterocycles. The fraction of sp³-hybridized carbons (Fsp3) is 0.158. The van der Waals surface area contributed by atoms with E-state index in [1.54, 1.807) is 36.4 Å². The van der Waals surface area contributed by atoms with Crippen molar-refractivity contribution >= 4 is 17.6 Å². The van der Waals surface area contributed by atoms with Gasteiger partial charge in [-0.1, -0.05) is 28.9 Å². The van der Waals surface area contributed by atoms with Crippen molar-refractivity contribution < 1.29 is 23.5 Å². The second kappa shape index (κ2) is 7.93. The van der Waals surface area contributed by atoms with Crippen LogP contribution in [0.2, 0.25) is 5.02 Å². The smallest absolute Gasteiger partial charge is 0.341 e. The number of halogens is 1. The van der Waals surface area contributed by atoms with Crippen molar-refractivity contribution in [3.8, 4) is 22.8 Å². The number of rotatable bonds is 6. The molecule has 3 rings (SSSR count). The Hall–Kier alpha value is -2.99. The standard InChI is InChI=1S/C19H16ClNO5/c1-23-14-7-8-16(19(22)24-2)18(10-14)25-11-15-9-17(21-26-15)12-3-5-13(20)6-4-12/h3-10H,11H2,1-2H3. The number of hydrogen-bond acceptors (Lipinski definition) is 6. The number of methoxy groups -OCH3 is 2. The van der Waals surface area contributed by atoms with Crippen molar-refractivity contribution in [1.29, 1.82) is 0 Å². The molecule has 0 aliphatic rings. The van der Waals surface area contributed by atoms with Gasteiger partial charge in [0.2, 0.25) is 0 Å². The number of hydrogen-bond donors (Lipinski definition) is 0. The summed E-state index contributed by atoms with van der Waals surface area (Å²) >= 11 is 5.89. The van der Waals surface area contributed by atoms with Gasteiger partial charge in [-0.3, -0.25) is 0 Å². The molecule has 0 amide bonds. The van der Waals surface area contributed by atoms with Crippen LogP contribution in [-0.4, -0.2) is 25.3 Å². The van der Waals surface area contributed by atoms with Crippen LogP contribution in [0.5, 0.6) is 11.5 Å². The summed E-state index contributed by atoms with van der Waals surface area (Å²) < 4.78 is 21.0. The highest BCUT2D eigenvalue weighted by Gasteiger charge is 2.15. The summed E-state index contributed by atoms with van der Waals surface area (Å²) in [6.45, 7) is 0.0950. The first-order valence-corrected chi connectivity index (χ1v) is 8.09. The third-order valence-corrected chi connectivity index (χ3v) is 3.91. The molecule has 0 aliphatic carbocycles. The topological polar surface area (TPSA) is 70.8 Å². The van der Waals surface area contributed by atoms with Gasteiger partial charge in [0.15, 0.2) is 5.76 Å². The first-order valence-electron chi connectivity index (χ1n) is 7.71. The summed E-state index contributed by atoms with van der Waals surface area (Å²) in [6, 6.07) is 13.9. The summed E-state index contributed by atoms with van der Waals surface area (Å²) in [5, 5.41) is 4.67. The van der Waals surface area contributed by atoms with Crippen molar-refractivity contribution in [1.82, 2.24) is 5.16 Å². The van der Waals surface area contributed by atoms with Gasteiger partial charge in [-0.25, -0.2) is 4.79 Å². The predicted molar refractivity (Wildman–Crippen MR) is 95.6 cm³/mol. The third-order valence-electron chi connectivity index (χ3n) is 3.66. The Balaban J connectivity index is 1.77. The molecule has 6 nitrogen and oxygen atoms in total. The average Bonchev–Trinajstić information content (AvgIpc) is 3.15. The number of ether oxygens (including phenoxy) is 3. The van der Waals surface area contributed by atoms with Crippen molar-refractivity contribution in [3.63, 3.8) is 0 Å². The molecule has 0 saturated carbocycles. The first kappa shape index (κ1) is 17.8. The lowest BCUT2D eigenvalue weighted by Gasteiger charge is -2.10. The molecular formula is C19H16ClNO5. The second-order valence-corrected chi connectivity index (χ2v) is 5.76. The highest BCUT2D eigenvalue weighted by atomic mass is 35.5. The van der Waals surface area contributed by atoms with Gasteiger partial charge < -0.3 is 18.7 Å². The van der Waals surface area contributed by atoms with Crippen molar-refractivity contribution in [2.75, 3.05) is 14.2 Å². The number of benzene rings is 2. The minimum absolute atomic E-state index is 0.0950. The Kier molecular flexibility index (Phi) is 5.43. The summed E-state index contributed by atoms with van der Waals surface area (Å²) in [5.74, 6) is 0.906. The lowest BCUT2D eigenvalue weighted by atomic mass is 10.1. The minimum atomic E-state index is -0.498. The van der Waals surface area contributed by atoms with Crippen LogP contribution in [0.1, 0.15) is 16.1 Å². The zero-order valence-electron chi connectivity index (χ0n) is 14.2. The molecule has 0 aliphatic heterocycles. The van der Waals surface area contributed by atoms with E-state index >= 15 is 0 Å². The molecule has 0 bridgehead atoms. The molecular weight excluding hydrogens is 358 g/mol. The van der Waals surface area contributed by atoms with E-state index in [0.717, 1.165) is 5.56 Å². The first-order chi connectivity index (χ1) is 12.6. The maximum Gasteiger partial charge on any atom is 0.341 e. The number of nitrogens with zero attached hydrogens (tertiary/aromatic N) is 1. The quantitative estimate of drug-likeness (QED) is 0.597. The van der Waals surface area contributed by atoms with E-state index in [-0.39, 0.29) is 6.61 Å². The van der Waals surface area contributed by atoms with Crippen LogP contribution in [0.4, 0.5) is 0 Å². The van der Waals surface area contributed by atoms with E-state index in [2.05, 4.69) is 5.16 Å². The van der Waals surface area contributed by atoms with E-state index in [9.17, 15) is 4.79 Å². The van der Waals surface area contributed by atoms with Crippen molar-refractivity contribution in [2.45, 2.75) is 6.61 Å². The van der Waals surface area contributed by atoms with Gasteiger partial charge in [0.25, 0.3) is 0 Å². The number of carbonyl (C=O) groups is 1. The largest absolute Gasteiger partial charge is 0.497 e. The highest BCUT2D eigenvalue weighted by Crippen LogP contribution is 2.27. The second-order valence-electron chi connectivity index (χ2n) is 5.33. The fourth-order valence-electron chi connectivity index (χ4n) is 2.31. The van der Waals surface area contributed by atoms with E-state index in [1.165, 1.54) is 14.2 Å². The van der Waals surface area contributed by atoms with Gasteiger partial charge in [0.1, 0.15) is 29.4 Å². The normalized spacial score (nSPS) is 10.4. The molecule has 26 heavy (non-hydrogen) atoms. The SMILES string of the molecule is COC(=O)c1ccc(OC)cc1OCc1cc(-c2ccc(Cl)cc2)no1. The third kappa shape index (κ3) is 3.97. The summed E-state index contributed by atoms with van der Waals surface area (Å²) in [6.07, 6.45) is 0. The number of carbonyl (C=O) groups excluding carboxylic acids is 1. The monoisotopic (exact) mass is 373 g/mol. The van der Waals surface area contributed by atoms with Crippen LogP contribution in [0, 0.1) is 0 Å². The molecule has 1 heterocycles. The summed E-state index contributed by atoms with van der Waals surface area (Å²) in [7, 11) is 2.84. The Morgan fingerprint density at radius 2 is 1.88 bits per heavy atom. The van der Waals surface area contributed by atoms with Gasteiger partial charge in [-0.05, 0) is 24.3 Å². The van der Waals surface area contributed by atoms with E-state index < -0.39 is 5.97 Å². The van der Waals surface area contributed by atoms with Gasteiger partial charge in [-0.15, -0.1) is 0 Å². The molecule has 0 atom stereocenters. The number of esters is 1. The van der Waals surface area contributed by atoms with Crippen LogP contribution in [0.25, 0.3) is 11.3 Å². The van der Waals surface area contributed by atoms with Gasteiger partial charge in [0.05, 0.1) is 14.2 Å². The van der Waals surface area contributed by atoms with E-state index in [0.29, 0.717) is 33.5 Å². The molecule has 1 aromatic heterocycles. The molecule has 0 fully saturated rings. The van der Waals surface area contributed by atoms with Crippen LogP contribution >= 0.6 is 11.6 Å². The molecule has 134 valence electrons. The molecule has 3 aromatic rings. The Labute approximate surface area is 155 Å².